The van der Waals surface area contributed by atoms with E-state index < -0.39 is 6.09 Å². The molecular weight excluding hydrogens is 206 g/mol. The van der Waals surface area contributed by atoms with Crippen LogP contribution in [0.5, 0.6) is 0 Å². The van der Waals surface area contributed by atoms with E-state index in [0.29, 0.717) is 13.2 Å². The Hall–Kier alpha value is -1.32. The molecule has 1 aliphatic carbocycles. The van der Waals surface area contributed by atoms with Crippen LogP contribution in [0, 0.1) is 5.92 Å². The molecule has 0 bridgehead atoms. The summed E-state index contributed by atoms with van der Waals surface area (Å²) in [6.45, 7) is 4.70. The number of cyclic esters (lactones) is 1. The van der Waals surface area contributed by atoms with Crippen LogP contribution in [-0.2, 0) is 9.53 Å². The van der Waals surface area contributed by atoms with Gasteiger partial charge in [0.05, 0.1) is 6.54 Å². The number of carbonyl (C=O) groups excluding carboxylic acids is 2. The van der Waals surface area contributed by atoms with Gasteiger partial charge in [0.15, 0.2) is 0 Å². The Bertz CT molecular complexity index is 324. The van der Waals surface area contributed by atoms with Crippen molar-refractivity contribution in [1.29, 1.82) is 0 Å². The summed E-state index contributed by atoms with van der Waals surface area (Å²) in [5, 5.41) is 0. The maximum absolute atomic E-state index is 12.1. The van der Waals surface area contributed by atoms with Crippen LogP contribution in [0.2, 0.25) is 0 Å². The van der Waals surface area contributed by atoms with Crippen LogP contribution >= 0.6 is 0 Å². The molecule has 0 spiro atoms. The molecule has 2 aliphatic rings. The lowest BCUT2D eigenvalue weighted by Crippen LogP contribution is -2.36. The van der Waals surface area contributed by atoms with Gasteiger partial charge in [0.1, 0.15) is 6.61 Å². The third-order valence-electron chi connectivity index (χ3n) is 3.24. The molecule has 1 aliphatic heterocycles. The topological polar surface area (TPSA) is 46.6 Å². The van der Waals surface area contributed by atoms with E-state index in [1.165, 1.54) is 4.90 Å². The van der Waals surface area contributed by atoms with E-state index in [1.54, 1.807) is 0 Å². The molecule has 4 nitrogen and oxygen atoms in total. The van der Waals surface area contributed by atoms with Crippen molar-refractivity contribution in [1.82, 2.24) is 4.90 Å². The minimum absolute atomic E-state index is 0.0688. The van der Waals surface area contributed by atoms with E-state index in [4.69, 9.17) is 4.74 Å². The maximum atomic E-state index is 12.1. The quantitative estimate of drug-likeness (QED) is 0.505. The predicted octanol–water partition coefficient (Wildman–Crippen LogP) is 2.10. The van der Waals surface area contributed by atoms with Crippen LogP contribution in [0.3, 0.4) is 0 Å². The van der Waals surface area contributed by atoms with Gasteiger partial charge in [-0.3, -0.25) is 4.79 Å². The Morgan fingerprint density at radius 1 is 1.44 bits per heavy atom. The second kappa shape index (κ2) is 4.68. The first-order valence-electron chi connectivity index (χ1n) is 5.83. The zero-order chi connectivity index (χ0) is 11.5. The molecule has 0 radical (unpaired) electrons. The molecule has 0 aromatic carbocycles. The van der Waals surface area contributed by atoms with E-state index in [9.17, 15) is 9.59 Å². The molecule has 4 heteroatoms. The molecule has 0 N–H and O–H groups in total. The van der Waals surface area contributed by atoms with Crippen molar-refractivity contribution in [3.63, 3.8) is 0 Å². The Balaban J connectivity index is 2.02. The lowest BCUT2D eigenvalue weighted by molar-refractivity contribution is -0.132. The van der Waals surface area contributed by atoms with E-state index in [1.807, 2.05) is 0 Å². The second-order valence-corrected chi connectivity index (χ2v) is 4.50. The number of hydrogen-bond donors (Lipinski definition) is 0. The standard InChI is InChI=1S/C12H17NO3/c1-9-4-2-3-5-10(8-9)11(14)13-6-7-16-12(13)15/h10H,1-8H2. The summed E-state index contributed by atoms with van der Waals surface area (Å²) in [6.07, 6.45) is 4.25. The maximum Gasteiger partial charge on any atom is 0.416 e. The molecule has 0 aromatic heterocycles. The van der Waals surface area contributed by atoms with Gasteiger partial charge >= 0.3 is 6.09 Å². The van der Waals surface area contributed by atoms with Crippen LogP contribution in [0.1, 0.15) is 32.1 Å². The highest BCUT2D eigenvalue weighted by molar-refractivity contribution is 5.94. The van der Waals surface area contributed by atoms with Crippen molar-refractivity contribution in [3.8, 4) is 0 Å². The predicted molar refractivity (Wildman–Crippen MR) is 58.8 cm³/mol. The highest BCUT2D eigenvalue weighted by Crippen LogP contribution is 2.28. The summed E-state index contributed by atoms with van der Waals surface area (Å²) in [4.78, 5) is 24.6. The first-order chi connectivity index (χ1) is 7.68. The highest BCUT2D eigenvalue weighted by Gasteiger charge is 2.33. The lowest BCUT2D eigenvalue weighted by atomic mass is 9.97. The molecule has 1 saturated heterocycles. The summed E-state index contributed by atoms with van der Waals surface area (Å²) in [5.41, 5.74) is 1.13. The van der Waals surface area contributed by atoms with Crippen molar-refractivity contribution in [2.75, 3.05) is 13.2 Å². The molecular formula is C12H17NO3. The average Bonchev–Trinajstić information content (AvgIpc) is 2.55. The van der Waals surface area contributed by atoms with Crippen LogP contribution in [0.4, 0.5) is 4.79 Å². The Labute approximate surface area is 95.2 Å². The molecule has 1 atom stereocenters. The molecule has 16 heavy (non-hydrogen) atoms. The van der Waals surface area contributed by atoms with E-state index in [0.717, 1.165) is 37.7 Å². The largest absolute Gasteiger partial charge is 0.447 e. The third kappa shape index (κ3) is 2.26. The number of imide groups is 1. The number of amides is 2. The first kappa shape index (κ1) is 11.2. The zero-order valence-electron chi connectivity index (χ0n) is 9.41. The SMILES string of the molecule is C=C1CCCCC(C(=O)N2CCOC2=O)C1. The van der Waals surface area contributed by atoms with Crippen LogP contribution in [-0.4, -0.2) is 30.1 Å². The number of rotatable bonds is 1. The number of nitrogens with zero attached hydrogens (tertiary/aromatic N) is 1. The third-order valence-corrected chi connectivity index (χ3v) is 3.24. The van der Waals surface area contributed by atoms with Gasteiger partial charge in [-0.1, -0.05) is 18.6 Å². The monoisotopic (exact) mass is 223 g/mol. The average molecular weight is 223 g/mol. The second-order valence-electron chi connectivity index (χ2n) is 4.50. The molecule has 2 amide bonds. The van der Waals surface area contributed by atoms with Crippen LogP contribution in [0.25, 0.3) is 0 Å². The zero-order valence-corrected chi connectivity index (χ0v) is 9.41. The van der Waals surface area contributed by atoms with Gasteiger partial charge in [0, 0.05) is 5.92 Å². The molecule has 1 heterocycles. The van der Waals surface area contributed by atoms with Crippen molar-refractivity contribution in [2.45, 2.75) is 32.1 Å². The van der Waals surface area contributed by atoms with Gasteiger partial charge in [-0.15, -0.1) is 0 Å². The van der Waals surface area contributed by atoms with Gasteiger partial charge in [-0.2, -0.15) is 0 Å². The molecule has 2 fully saturated rings. The normalized spacial score (nSPS) is 26.5. The van der Waals surface area contributed by atoms with Crippen LogP contribution in [0.15, 0.2) is 12.2 Å². The molecule has 1 unspecified atom stereocenters. The van der Waals surface area contributed by atoms with Crippen molar-refractivity contribution >= 4 is 12.0 Å². The number of hydrogen-bond acceptors (Lipinski definition) is 3. The minimum Gasteiger partial charge on any atom is -0.447 e. The summed E-state index contributed by atoms with van der Waals surface area (Å²) in [5.74, 6) is -0.147. The molecule has 2 rings (SSSR count). The van der Waals surface area contributed by atoms with Crippen molar-refractivity contribution in [3.05, 3.63) is 12.2 Å². The first-order valence-corrected chi connectivity index (χ1v) is 5.83. The van der Waals surface area contributed by atoms with Gasteiger partial charge in [0.25, 0.3) is 0 Å². The summed E-state index contributed by atoms with van der Waals surface area (Å²) in [7, 11) is 0. The smallest absolute Gasteiger partial charge is 0.416 e. The van der Waals surface area contributed by atoms with Gasteiger partial charge < -0.3 is 4.74 Å². The fourth-order valence-corrected chi connectivity index (χ4v) is 2.34. The lowest BCUT2D eigenvalue weighted by Gasteiger charge is -2.18. The molecule has 0 aromatic rings. The Kier molecular flexibility index (Phi) is 3.27. The highest BCUT2D eigenvalue weighted by atomic mass is 16.6. The summed E-state index contributed by atoms with van der Waals surface area (Å²) in [6, 6.07) is 0. The summed E-state index contributed by atoms with van der Waals surface area (Å²) < 4.78 is 4.78. The molecule has 88 valence electrons. The summed E-state index contributed by atoms with van der Waals surface area (Å²) >= 11 is 0. The van der Waals surface area contributed by atoms with E-state index in [-0.39, 0.29) is 11.8 Å². The van der Waals surface area contributed by atoms with Gasteiger partial charge in [-0.25, -0.2) is 9.69 Å². The molecule has 1 saturated carbocycles. The van der Waals surface area contributed by atoms with Crippen LogP contribution < -0.4 is 0 Å². The van der Waals surface area contributed by atoms with Crippen molar-refractivity contribution in [2.24, 2.45) is 5.92 Å². The fourth-order valence-electron chi connectivity index (χ4n) is 2.34. The fraction of sp³-hybridized carbons (Fsp3) is 0.667. The van der Waals surface area contributed by atoms with Crippen molar-refractivity contribution < 1.29 is 14.3 Å². The number of ether oxygens (including phenoxy) is 1. The van der Waals surface area contributed by atoms with E-state index >= 15 is 0 Å². The van der Waals surface area contributed by atoms with Gasteiger partial charge in [0.2, 0.25) is 5.91 Å². The Morgan fingerprint density at radius 2 is 2.25 bits per heavy atom. The van der Waals surface area contributed by atoms with E-state index in [2.05, 4.69) is 6.58 Å². The van der Waals surface area contributed by atoms with Gasteiger partial charge in [-0.05, 0) is 25.7 Å². The minimum atomic E-state index is -0.486. The number of carbonyl (C=O) groups is 2. The number of allylic oxidation sites excluding steroid dienone is 1. The Morgan fingerprint density at radius 3 is 2.94 bits per heavy atom.